The Kier molecular flexibility index (Phi) is 1.81. The van der Waals surface area contributed by atoms with Crippen LogP contribution in [0.25, 0.3) is 4.85 Å². The lowest BCUT2D eigenvalue weighted by molar-refractivity contribution is -0.118. The lowest BCUT2D eigenvalue weighted by Crippen LogP contribution is -2.25. The minimum atomic E-state index is 0.196. The second-order valence-electron chi connectivity index (χ2n) is 4.61. The maximum Gasteiger partial charge on any atom is 0.227 e. The van der Waals surface area contributed by atoms with Gasteiger partial charge in [-0.15, -0.1) is 0 Å². The second-order valence-corrected chi connectivity index (χ2v) is 4.61. The molecule has 2 unspecified atom stereocenters. The fourth-order valence-electron chi connectivity index (χ4n) is 2.56. The van der Waals surface area contributed by atoms with E-state index in [-0.39, 0.29) is 5.91 Å². The van der Waals surface area contributed by atoms with Crippen molar-refractivity contribution >= 4 is 17.3 Å². The van der Waals surface area contributed by atoms with E-state index in [9.17, 15) is 4.79 Å². The number of carbonyl (C=O) groups excluding carboxylic acids is 1. The topological polar surface area (TPSA) is 24.7 Å². The van der Waals surface area contributed by atoms with Crippen LogP contribution in [0.1, 0.15) is 24.3 Å². The van der Waals surface area contributed by atoms with Crippen LogP contribution in [0.5, 0.6) is 0 Å². The molecule has 3 nitrogen and oxygen atoms in total. The van der Waals surface area contributed by atoms with Crippen LogP contribution in [0.2, 0.25) is 0 Å². The van der Waals surface area contributed by atoms with E-state index in [1.54, 1.807) is 11.0 Å². The van der Waals surface area contributed by atoms with Gasteiger partial charge in [-0.25, -0.2) is 4.85 Å². The van der Waals surface area contributed by atoms with Gasteiger partial charge < -0.3 is 4.90 Å². The fourth-order valence-corrected chi connectivity index (χ4v) is 2.56. The summed E-state index contributed by atoms with van der Waals surface area (Å²) >= 11 is 0. The third-order valence-corrected chi connectivity index (χ3v) is 3.63. The van der Waals surface area contributed by atoms with Gasteiger partial charge in [0.25, 0.3) is 0 Å². The Morgan fingerprint density at radius 2 is 2.31 bits per heavy atom. The van der Waals surface area contributed by atoms with Gasteiger partial charge in [0.1, 0.15) is 0 Å². The van der Waals surface area contributed by atoms with Crippen LogP contribution in [0.15, 0.2) is 18.2 Å². The first-order valence-electron chi connectivity index (χ1n) is 5.48. The molecule has 1 heterocycles. The van der Waals surface area contributed by atoms with Gasteiger partial charge in [-0.3, -0.25) is 4.79 Å². The Morgan fingerprint density at radius 1 is 1.50 bits per heavy atom. The average Bonchev–Trinajstić information content (AvgIpc) is 3.06. The molecule has 3 heteroatoms. The third kappa shape index (κ3) is 1.23. The van der Waals surface area contributed by atoms with Crippen LogP contribution < -0.4 is 4.90 Å². The van der Waals surface area contributed by atoms with Crippen LogP contribution in [-0.4, -0.2) is 13.0 Å². The molecule has 80 valence electrons. The van der Waals surface area contributed by atoms with Gasteiger partial charge in [0.05, 0.1) is 6.57 Å². The highest BCUT2D eigenvalue weighted by molar-refractivity contribution is 5.95. The first-order valence-corrected chi connectivity index (χ1v) is 5.48. The lowest BCUT2D eigenvalue weighted by Gasteiger charge is -2.18. The van der Waals surface area contributed by atoms with Crippen molar-refractivity contribution in [3.63, 3.8) is 0 Å². The van der Waals surface area contributed by atoms with Gasteiger partial charge in [0.15, 0.2) is 5.69 Å². The Bertz CT molecular complexity index is 515. The first-order chi connectivity index (χ1) is 7.70. The summed E-state index contributed by atoms with van der Waals surface area (Å²) in [7, 11) is 1.82. The molecule has 0 bridgehead atoms. The normalized spacial score (nSPS) is 26.5. The number of benzene rings is 1. The zero-order chi connectivity index (χ0) is 11.3. The van der Waals surface area contributed by atoms with E-state index in [2.05, 4.69) is 4.85 Å². The second kappa shape index (κ2) is 3.08. The van der Waals surface area contributed by atoms with Crippen LogP contribution in [0.4, 0.5) is 11.4 Å². The van der Waals surface area contributed by atoms with Gasteiger partial charge in [0.2, 0.25) is 5.91 Å². The predicted molar refractivity (Wildman–Crippen MR) is 61.6 cm³/mol. The van der Waals surface area contributed by atoms with Crippen molar-refractivity contribution in [2.75, 3.05) is 11.9 Å². The highest BCUT2D eigenvalue weighted by Crippen LogP contribution is 2.54. The number of hydrogen-bond acceptors (Lipinski definition) is 1. The molecule has 0 saturated heterocycles. The first kappa shape index (κ1) is 9.41. The summed E-state index contributed by atoms with van der Waals surface area (Å²) < 4.78 is 0. The molecule has 0 radical (unpaired) electrons. The highest BCUT2D eigenvalue weighted by Gasteiger charge is 2.44. The number of anilines is 1. The van der Waals surface area contributed by atoms with Crippen LogP contribution >= 0.6 is 0 Å². The standard InChI is InChI=1S/C13H12N2O/c1-14-9-3-4-12-11(7-9)10-5-8(10)6-13(16)15(12)2/h3-4,7-8,10H,5-6H2,2H3. The molecule has 1 fully saturated rings. The van der Waals surface area contributed by atoms with Crippen LogP contribution in [-0.2, 0) is 4.79 Å². The van der Waals surface area contributed by atoms with Crippen molar-refractivity contribution in [1.29, 1.82) is 0 Å². The molecule has 2 aliphatic rings. The van der Waals surface area contributed by atoms with Crippen LogP contribution in [0.3, 0.4) is 0 Å². The predicted octanol–water partition coefficient (Wildman–Crippen LogP) is 2.71. The van der Waals surface area contributed by atoms with E-state index in [0.29, 0.717) is 23.9 Å². The zero-order valence-electron chi connectivity index (χ0n) is 9.10. The van der Waals surface area contributed by atoms with Crippen LogP contribution in [0, 0.1) is 12.5 Å². The molecule has 0 spiro atoms. The minimum Gasteiger partial charge on any atom is -0.315 e. The summed E-state index contributed by atoms with van der Waals surface area (Å²) in [5, 5.41) is 0. The van der Waals surface area contributed by atoms with E-state index in [1.165, 1.54) is 5.56 Å². The lowest BCUT2D eigenvalue weighted by atomic mass is 10.1. The summed E-state index contributed by atoms with van der Waals surface area (Å²) in [6, 6.07) is 5.64. The molecule has 0 aromatic heterocycles. The molecule has 1 amide bonds. The van der Waals surface area contributed by atoms with Crippen molar-refractivity contribution in [3.05, 3.63) is 35.2 Å². The number of nitrogens with zero attached hydrogens (tertiary/aromatic N) is 2. The van der Waals surface area contributed by atoms with E-state index in [4.69, 9.17) is 6.57 Å². The quantitative estimate of drug-likeness (QED) is 0.607. The molecule has 1 aromatic rings. The van der Waals surface area contributed by atoms with Gasteiger partial charge in [-0.1, -0.05) is 12.1 Å². The molecular formula is C13H12N2O. The Morgan fingerprint density at radius 3 is 3.06 bits per heavy atom. The Hall–Kier alpha value is -1.82. The van der Waals surface area contributed by atoms with Crippen molar-refractivity contribution in [2.24, 2.45) is 5.92 Å². The number of hydrogen-bond donors (Lipinski definition) is 0. The van der Waals surface area contributed by atoms with Gasteiger partial charge in [0, 0.05) is 19.2 Å². The summed E-state index contributed by atoms with van der Waals surface area (Å²) in [5.74, 6) is 1.21. The Balaban J connectivity index is 2.15. The van der Waals surface area contributed by atoms with Crippen molar-refractivity contribution < 1.29 is 4.79 Å². The smallest absolute Gasteiger partial charge is 0.227 e. The summed E-state index contributed by atoms with van der Waals surface area (Å²) in [6.45, 7) is 7.03. The number of rotatable bonds is 0. The van der Waals surface area contributed by atoms with Crippen molar-refractivity contribution in [3.8, 4) is 0 Å². The molecular weight excluding hydrogens is 200 g/mol. The van der Waals surface area contributed by atoms with Gasteiger partial charge in [-0.05, 0) is 29.9 Å². The molecule has 3 rings (SSSR count). The van der Waals surface area contributed by atoms with Gasteiger partial charge in [-0.2, -0.15) is 0 Å². The molecule has 1 saturated carbocycles. The van der Waals surface area contributed by atoms with E-state index < -0.39 is 0 Å². The molecule has 0 N–H and O–H groups in total. The Labute approximate surface area is 94.5 Å². The molecule has 1 aromatic carbocycles. The van der Waals surface area contributed by atoms with E-state index >= 15 is 0 Å². The number of carbonyl (C=O) groups is 1. The number of amides is 1. The van der Waals surface area contributed by atoms with E-state index in [1.807, 2.05) is 19.2 Å². The minimum absolute atomic E-state index is 0.196. The third-order valence-electron chi connectivity index (χ3n) is 3.63. The monoisotopic (exact) mass is 212 g/mol. The zero-order valence-corrected chi connectivity index (χ0v) is 9.10. The maximum atomic E-state index is 11.8. The van der Waals surface area contributed by atoms with Crippen molar-refractivity contribution in [1.82, 2.24) is 0 Å². The van der Waals surface area contributed by atoms with Gasteiger partial charge >= 0.3 is 0 Å². The summed E-state index contributed by atoms with van der Waals surface area (Å²) in [6.07, 6.45) is 1.76. The molecule has 2 atom stereocenters. The summed E-state index contributed by atoms with van der Waals surface area (Å²) in [5.41, 5.74) is 2.85. The molecule has 1 aliphatic carbocycles. The average molecular weight is 212 g/mol. The molecule has 1 aliphatic heterocycles. The van der Waals surface area contributed by atoms with Crippen molar-refractivity contribution in [2.45, 2.75) is 18.8 Å². The van der Waals surface area contributed by atoms with E-state index in [0.717, 1.165) is 12.1 Å². The largest absolute Gasteiger partial charge is 0.315 e. The SMILES string of the molecule is [C-]#[N+]c1ccc2c(c1)C1CC1CC(=O)N2C. The fraction of sp³-hybridized carbons (Fsp3) is 0.385. The highest BCUT2D eigenvalue weighted by atomic mass is 16.2. The number of fused-ring (bicyclic) bond motifs is 3. The maximum absolute atomic E-state index is 11.8. The molecule has 16 heavy (non-hydrogen) atoms. The summed E-state index contributed by atoms with van der Waals surface area (Å²) in [4.78, 5) is 17.0.